The van der Waals surface area contributed by atoms with Gasteiger partial charge in [-0.3, -0.25) is 4.79 Å². The Kier molecular flexibility index (Phi) is 10.5. The van der Waals surface area contributed by atoms with Crippen LogP contribution in [0.1, 0.15) is 85.0 Å². The second kappa shape index (κ2) is 12.1. The average Bonchev–Trinajstić information content (AvgIpc) is 2.91. The Hall–Kier alpha value is -1.32. The Balaban J connectivity index is 2.54. The molecule has 1 saturated heterocycles. The molecule has 1 aliphatic heterocycles. The third-order valence-corrected chi connectivity index (χ3v) is 5.14. The number of nitrogens with zero attached hydrogens (tertiary/aromatic N) is 1. The van der Waals surface area contributed by atoms with E-state index in [1.165, 1.54) is 25.7 Å². The normalized spacial score (nSPS) is 21.2. The second-order valence-electron chi connectivity index (χ2n) is 7.32. The Morgan fingerprint density at radius 3 is 2.44 bits per heavy atom. The minimum Gasteiger partial charge on any atom is -0.443 e. The highest BCUT2D eigenvalue weighted by Gasteiger charge is 2.43. The summed E-state index contributed by atoms with van der Waals surface area (Å²) >= 11 is 0. The smallest absolute Gasteiger partial charge is 0.410 e. The van der Waals surface area contributed by atoms with Crippen molar-refractivity contribution in [3.8, 4) is 0 Å². The summed E-state index contributed by atoms with van der Waals surface area (Å²) in [6.07, 6.45) is 11.3. The highest BCUT2D eigenvalue weighted by molar-refractivity contribution is 5.80. The molecule has 1 fully saturated rings. The van der Waals surface area contributed by atoms with E-state index in [2.05, 4.69) is 20.4 Å². The van der Waals surface area contributed by atoms with Crippen molar-refractivity contribution in [2.24, 2.45) is 5.92 Å². The lowest BCUT2D eigenvalue weighted by molar-refractivity contribution is -0.120. The van der Waals surface area contributed by atoms with Crippen molar-refractivity contribution < 1.29 is 14.3 Å². The fourth-order valence-corrected chi connectivity index (χ4v) is 3.42. The van der Waals surface area contributed by atoms with Crippen LogP contribution in [-0.4, -0.2) is 35.5 Å². The Labute approximate surface area is 154 Å². The maximum Gasteiger partial charge on any atom is 0.410 e. The summed E-state index contributed by atoms with van der Waals surface area (Å²) in [7, 11) is 0. The van der Waals surface area contributed by atoms with Crippen LogP contribution in [0.15, 0.2) is 12.7 Å². The molecule has 0 radical (unpaired) electrons. The van der Waals surface area contributed by atoms with E-state index in [1.54, 1.807) is 4.90 Å². The number of hydrogen-bond donors (Lipinski definition) is 0. The van der Waals surface area contributed by atoms with Crippen molar-refractivity contribution >= 4 is 11.9 Å². The Morgan fingerprint density at radius 2 is 1.80 bits per heavy atom. The first-order valence-electron chi connectivity index (χ1n) is 10.2. The third kappa shape index (κ3) is 7.21. The Bertz CT molecular complexity index is 421. The average molecular weight is 352 g/mol. The predicted molar refractivity (Wildman–Crippen MR) is 103 cm³/mol. The molecular weight excluding hydrogens is 314 g/mol. The summed E-state index contributed by atoms with van der Waals surface area (Å²) in [5.74, 6) is 0.309. The molecule has 0 N–H and O–H groups in total. The van der Waals surface area contributed by atoms with Gasteiger partial charge in [0.1, 0.15) is 11.9 Å². The van der Waals surface area contributed by atoms with Gasteiger partial charge in [0.2, 0.25) is 0 Å². The molecule has 4 heteroatoms. The monoisotopic (exact) mass is 351 g/mol. The largest absolute Gasteiger partial charge is 0.443 e. The van der Waals surface area contributed by atoms with Gasteiger partial charge < -0.3 is 9.64 Å². The molecule has 0 bridgehead atoms. The SMILES string of the molecule is C=C[C@@H](C)[C@@H]1OC(=O)N(CCCC)[C@H]1CC(=O)CCCCCCCC. The number of hydrogen-bond acceptors (Lipinski definition) is 3. The van der Waals surface area contributed by atoms with E-state index in [9.17, 15) is 9.59 Å². The summed E-state index contributed by atoms with van der Waals surface area (Å²) in [5, 5.41) is 0. The van der Waals surface area contributed by atoms with E-state index < -0.39 is 0 Å². The van der Waals surface area contributed by atoms with Crippen LogP contribution in [0, 0.1) is 5.92 Å². The summed E-state index contributed by atoms with van der Waals surface area (Å²) in [6, 6.07) is -0.139. The molecule has 0 unspecified atom stereocenters. The molecule has 0 aromatic heterocycles. The molecule has 1 amide bonds. The van der Waals surface area contributed by atoms with Crippen molar-refractivity contribution in [3.05, 3.63) is 12.7 Å². The fourth-order valence-electron chi connectivity index (χ4n) is 3.42. The molecule has 0 aromatic rings. The molecule has 1 aliphatic rings. The van der Waals surface area contributed by atoms with Gasteiger partial charge in [0.25, 0.3) is 0 Å². The van der Waals surface area contributed by atoms with Crippen LogP contribution in [0.25, 0.3) is 0 Å². The molecule has 144 valence electrons. The molecule has 0 spiro atoms. The van der Waals surface area contributed by atoms with Gasteiger partial charge >= 0.3 is 6.09 Å². The van der Waals surface area contributed by atoms with E-state index >= 15 is 0 Å². The molecule has 0 saturated carbocycles. The molecule has 4 nitrogen and oxygen atoms in total. The van der Waals surface area contributed by atoms with Gasteiger partial charge in [0, 0.05) is 25.3 Å². The standard InChI is InChI=1S/C21H37NO3/c1-5-8-10-11-12-13-14-18(23)16-19-20(17(4)7-3)25-21(24)22(19)15-9-6-2/h7,17,19-20H,3,5-6,8-16H2,1-2,4H3/t17-,19+,20+/m1/s1. The summed E-state index contributed by atoms with van der Waals surface area (Å²) < 4.78 is 5.57. The highest BCUT2D eigenvalue weighted by atomic mass is 16.6. The lowest BCUT2D eigenvalue weighted by Crippen LogP contribution is -2.40. The highest BCUT2D eigenvalue weighted by Crippen LogP contribution is 2.29. The first-order chi connectivity index (χ1) is 12.0. The van der Waals surface area contributed by atoms with Crippen LogP contribution in [0.2, 0.25) is 0 Å². The van der Waals surface area contributed by atoms with Crippen molar-refractivity contribution in [1.29, 1.82) is 0 Å². The van der Waals surface area contributed by atoms with E-state index in [0.29, 0.717) is 19.4 Å². The van der Waals surface area contributed by atoms with Crippen LogP contribution < -0.4 is 0 Å². The molecule has 0 aromatic carbocycles. The van der Waals surface area contributed by atoms with Gasteiger partial charge in [-0.05, 0) is 12.8 Å². The number of Topliss-reactive ketones (excluding diaryl/α,β-unsaturated/α-hetero) is 1. The molecule has 25 heavy (non-hydrogen) atoms. The van der Waals surface area contributed by atoms with Crippen LogP contribution in [0.5, 0.6) is 0 Å². The maximum absolute atomic E-state index is 12.5. The number of unbranched alkanes of at least 4 members (excludes halogenated alkanes) is 6. The van der Waals surface area contributed by atoms with Gasteiger partial charge in [-0.2, -0.15) is 0 Å². The summed E-state index contributed by atoms with van der Waals surface area (Å²) in [4.78, 5) is 26.4. The number of ketones is 1. The van der Waals surface area contributed by atoms with E-state index in [4.69, 9.17) is 4.74 Å². The van der Waals surface area contributed by atoms with Crippen LogP contribution in [0.3, 0.4) is 0 Å². The van der Waals surface area contributed by atoms with Crippen molar-refractivity contribution in [2.45, 2.75) is 97.1 Å². The van der Waals surface area contributed by atoms with Crippen molar-refractivity contribution in [3.63, 3.8) is 0 Å². The number of carbonyl (C=O) groups is 2. The zero-order valence-electron chi connectivity index (χ0n) is 16.5. The van der Waals surface area contributed by atoms with Crippen LogP contribution in [0.4, 0.5) is 4.79 Å². The summed E-state index contributed by atoms with van der Waals surface area (Å²) in [6.45, 7) is 10.8. The van der Waals surface area contributed by atoms with Gasteiger partial charge in [-0.15, -0.1) is 6.58 Å². The number of cyclic esters (lactones) is 1. The van der Waals surface area contributed by atoms with Gasteiger partial charge in [-0.1, -0.05) is 65.4 Å². The molecule has 1 heterocycles. The van der Waals surface area contributed by atoms with Gasteiger partial charge in [-0.25, -0.2) is 4.79 Å². The number of amides is 1. The fraction of sp³-hybridized carbons (Fsp3) is 0.810. The number of ether oxygens (including phenoxy) is 1. The second-order valence-corrected chi connectivity index (χ2v) is 7.32. The van der Waals surface area contributed by atoms with E-state index in [-0.39, 0.29) is 29.9 Å². The molecular formula is C21H37NO3. The first-order valence-corrected chi connectivity index (χ1v) is 10.2. The van der Waals surface area contributed by atoms with E-state index in [1.807, 2.05) is 13.0 Å². The lowest BCUT2D eigenvalue weighted by Gasteiger charge is -2.26. The minimum absolute atomic E-state index is 0.0578. The molecule has 0 aliphatic carbocycles. The number of carbonyl (C=O) groups excluding carboxylic acids is 2. The minimum atomic E-state index is -0.274. The predicted octanol–water partition coefficient (Wildman–Crippen LogP) is 5.51. The van der Waals surface area contributed by atoms with Gasteiger partial charge in [0.15, 0.2) is 0 Å². The molecule has 1 rings (SSSR count). The first kappa shape index (κ1) is 21.7. The third-order valence-electron chi connectivity index (χ3n) is 5.14. The summed E-state index contributed by atoms with van der Waals surface area (Å²) in [5.41, 5.74) is 0. The van der Waals surface area contributed by atoms with Crippen molar-refractivity contribution in [2.75, 3.05) is 6.54 Å². The van der Waals surface area contributed by atoms with Crippen LogP contribution in [-0.2, 0) is 9.53 Å². The topological polar surface area (TPSA) is 46.6 Å². The zero-order valence-corrected chi connectivity index (χ0v) is 16.5. The van der Waals surface area contributed by atoms with Gasteiger partial charge in [0.05, 0.1) is 6.04 Å². The number of rotatable bonds is 14. The van der Waals surface area contributed by atoms with Crippen molar-refractivity contribution in [1.82, 2.24) is 4.90 Å². The lowest BCUT2D eigenvalue weighted by atomic mass is 9.92. The van der Waals surface area contributed by atoms with E-state index in [0.717, 1.165) is 25.7 Å². The zero-order chi connectivity index (χ0) is 18.7. The Morgan fingerprint density at radius 1 is 1.16 bits per heavy atom. The maximum atomic E-state index is 12.5. The molecule has 3 atom stereocenters. The van der Waals surface area contributed by atoms with Crippen LogP contribution >= 0.6 is 0 Å². The quantitative estimate of drug-likeness (QED) is 0.306.